The lowest BCUT2D eigenvalue weighted by Crippen LogP contribution is -2.39. The van der Waals surface area contributed by atoms with E-state index in [1.165, 1.54) is 21.8 Å². The van der Waals surface area contributed by atoms with Crippen molar-refractivity contribution in [2.45, 2.75) is 43.8 Å². The van der Waals surface area contributed by atoms with E-state index in [2.05, 4.69) is 36.2 Å². The first-order valence-corrected chi connectivity index (χ1v) is 9.70. The number of thioether (sulfide) groups is 1. The fourth-order valence-electron chi connectivity index (χ4n) is 2.92. The number of benzene rings is 1. The summed E-state index contributed by atoms with van der Waals surface area (Å²) in [6.45, 7) is 7.74. The van der Waals surface area contributed by atoms with Gasteiger partial charge in [0.2, 0.25) is 0 Å². The lowest BCUT2D eigenvalue weighted by atomic mass is 10.1. The molecule has 5 heteroatoms. The van der Waals surface area contributed by atoms with E-state index >= 15 is 0 Å². The summed E-state index contributed by atoms with van der Waals surface area (Å²) in [4.78, 5) is 21.2. The normalized spacial score (nSPS) is 15.9. The maximum absolute atomic E-state index is 12.6. The third-order valence-corrected chi connectivity index (χ3v) is 6.79. The zero-order chi connectivity index (χ0) is 16.4. The van der Waals surface area contributed by atoms with Crippen LogP contribution in [0.4, 0.5) is 0 Å². The second-order valence-corrected chi connectivity index (χ2v) is 8.57. The van der Waals surface area contributed by atoms with Gasteiger partial charge in [-0.25, -0.2) is 4.98 Å². The van der Waals surface area contributed by atoms with E-state index in [9.17, 15) is 4.79 Å². The Kier molecular flexibility index (Phi) is 5.07. The summed E-state index contributed by atoms with van der Waals surface area (Å²) in [6, 6.07) is 8.54. The highest BCUT2D eigenvalue weighted by Crippen LogP contribution is 2.33. The van der Waals surface area contributed by atoms with Crippen LogP contribution in [0, 0.1) is 20.8 Å². The van der Waals surface area contributed by atoms with Crippen LogP contribution in [0.3, 0.4) is 0 Å². The van der Waals surface area contributed by atoms with Gasteiger partial charge in [0, 0.05) is 23.2 Å². The smallest absolute Gasteiger partial charge is 0.265 e. The number of hydrogen-bond acceptors (Lipinski definition) is 4. The number of nitrogens with zero attached hydrogens (tertiary/aromatic N) is 2. The van der Waals surface area contributed by atoms with E-state index in [1.807, 2.05) is 30.5 Å². The molecule has 0 unspecified atom stereocenters. The zero-order valence-electron chi connectivity index (χ0n) is 13.8. The fourth-order valence-corrected chi connectivity index (χ4v) is 5.02. The van der Waals surface area contributed by atoms with Crippen molar-refractivity contribution in [3.8, 4) is 0 Å². The minimum atomic E-state index is 0.160. The van der Waals surface area contributed by atoms with E-state index < -0.39 is 0 Å². The Hall–Kier alpha value is -1.33. The number of carbonyl (C=O) groups excluding carboxylic acids is 1. The average Bonchev–Trinajstić information content (AvgIpc) is 2.88. The van der Waals surface area contributed by atoms with Crippen molar-refractivity contribution in [1.29, 1.82) is 0 Å². The van der Waals surface area contributed by atoms with Crippen molar-refractivity contribution < 1.29 is 4.79 Å². The number of thiazole rings is 1. The number of aromatic nitrogens is 1. The van der Waals surface area contributed by atoms with Crippen molar-refractivity contribution in [2.24, 2.45) is 0 Å². The topological polar surface area (TPSA) is 33.2 Å². The van der Waals surface area contributed by atoms with Crippen LogP contribution < -0.4 is 0 Å². The molecule has 1 saturated heterocycles. The summed E-state index contributed by atoms with van der Waals surface area (Å²) < 4.78 is 0. The number of rotatable bonds is 3. The predicted octanol–water partition coefficient (Wildman–Crippen LogP) is 4.47. The van der Waals surface area contributed by atoms with Crippen LogP contribution in [0.15, 0.2) is 29.2 Å². The third-order valence-electron chi connectivity index (χ3n) is 4.21. The Bertz CT molecular complexity index is 703. The number of likely N-dealkylation sites (tertiary alicyclic amines) is 1. The lowest BCUT2D eigenvalue weighted by Gasteiger charge is -2.31. The van der Waals surface area contributed by atoms with Crippen LogP contribution in [0.25, 0.3) is 0 Å². The number of piperidine rings is 1. The van der Waals surface area contributed by atoms with Crippen molar-refractivity contribution in [3.05, 3.63) is 45.4 Å². The van der Waals surface area contributed by atoms with Gasteiger partial charge in [0.15, 0.2) is 0 Å². The van der Waals surface area contributed by atoms with E-state index in [0.717, 1.165) is 41.5 Å². The monoisotopic (exact) mass is 346 g/mol. The Labute approximate surface area is 146 Å². The molecule has 0 N–H and O–H groups in total. The SMILES string of the molecule is Cc1nc(C)c(C(=O)N2CCC(Sc3ccccc3C)CC2)s1. The van der Waals surface area contributed by atoms with E-state index in [4.69, 9.17) is 0 Å². The highest BCUT2D eigenvalue weighted by molar-refractivity contribution is 8.00. The van der Waals surface area contributed by atoms with Gasteiger partial charge in [-0.05, 0) is 45.2 Å². The van der Waals surface area contributed by atoms with E-state index in [0.29, 0.717) is 5.25 Å². The molecule has 1 aromatic carbocycles. The molecule has 0 atom stereocenters. The van der Waals surface area contributed by atoms with Gasteiger partial charge in [-0.2, -0.15) is 0 Å². The Morgan fingerprint density at radius 2 is 1.91 bits per heavy atom. The largest absolute Gasteiger partial charge is 0.338 e. The van der Waals surface area contributed by atoms with Gasteiger partial charge in [-0.3, -0.25) is 4.79 Å². The second-order valence-electron chi connectivity index (χ2n) is 6.02. The third kappa shape index (κ3) is 3.78. The molecule has 2 heterocycles. The number of amides is 1. The zero-order valence-corrected chi connectivity index (χ0v) is 15.5. The van der Waals surface area contributed by atoms with Crippen molar-refractivity contribution in [3.63, 3.8) is 0 Å². The van der Waals surface area contributed by atoms with Gasteiger partial charge < -0.3 is 4.90 Å². The summed E-state index contributed by atoms with van der Waals surface area (Å²) in [5.74, 6) is 0.160. The quantitative estimate of drug-likeness (QED) is 0.822. The van der Waals surface area contributed by atoms with Gasteiger partial charge in [0.05, 0.1) is 10.7 Å². The molecule has 3 nitrogen and oxygen atoms in total. The standard InChI is InChI=1S/C18H22N2OS2/c1-12-6-4-5-7-16(12)23-15-8-10-20(11-9-15)18(21)17-13(2)19-14(3)22-17/h4-7,15H,8-11H2,1-3H3. The van der Waals surface area contributed by atoms with Crippen molar-refractivity contribution in [1.82, 2.24) is 9.88 Å². The summed E-state index contributed by atoms with van der Waals surface area (Å²) in [7, 11) is 0. The summed E-state index contributed by atoms with van der Waals surface area (Å²) in [5.41, 5.74) is 2.21. The molecular weight excluding hydrogens is 324 g/mol. The van der Waals surface area contributed by atoms with E-state index in [1.54, 1.807) is 0 Å². The Morgan fingerprint density at radius 1 is 1.22 bits per heavy atom. The van der Waals surface area contributed by atoms with Gasteiger partial charge in [-0.1, -0.05) is 18.2 Å². The number of carbonyl (C=O) groups is 1. The molecule has 0 aliphatic carbocycles. The van der Waals surface area contributed by atoms with Gasteiger partial charge in [-0.15, -0.1) is 23.1 Å². The fraction of sp³-hybridized carbons (Fsp3) is 0.444. The predicted molar refractivity (Wildman–Crippen MR) is 97.5 cm³/mol. The molecule has 1 aliphatic rings. The minimum absolute atomic E-state index is 0.160. The van der Waals surface area contributed by atoms with Crippen LogP contribution in [-0.4, -0.2) is 34.1 Å². The maximum Gasteiger partial charge on any atom is 0.265 e. The average molecular weight is 347 g/mol. The van der Waals surface area contributed by atoms with Crippen LogP contribution >= 0.6 is 23.1 Å². The molecule has 0 radical (unpaired) electrons. The first kappa shape index (κ1) is 16.5. The molecule has 2 aromatic rings. The van der Waals surface area contributed by atoms with Gasteiger partial charge in [0.1, 0.15) is 4.88 Å². The molecule has 23 heavy (non-hydrogen) atoms. The number of aryl methyl sites for hydroxylation is 3. The second kappa shape index (κ2) is 7.05. The van der Waals surface area contributed by atoms with Crippen LogP contribution in [0.1, 0.15) is 38.8 Å². The lowest BCUT2D eigenvalue weighted by molar-refractivity contribution is 0.0731. The Morgan fingerprint density at radius 3 is 2.52 bits per heavy atom. The molecule has 0 saturated carbocycles. The van der Waals surface area contributed by atoms with Crippen LogP contribution in [-0.2, 0) is 0 Å². The molecule has 1 fully saturated rings. The Balaban J connectivity index is 1.59. The molecule has 1 aromatic heterocycles. The summed E-state index contributed by atoms with van der Waals surface area (Å²) in [6.07, 6.45) is 2.11. The highest BCUT2D eigenvalue weighted by Gasteiger charge is 2.26. The first-order valence-electron chi connectivity index (χ1n) is 8.00. The molecule has 0 bridgehead atoms. The van der Waals surface area contributed by atoms with Crippen molar-refractivity contribution >= 4 is 29.0 Å². The molecule has 1 amide bonds. The molecule has 3 rings (SSSR count). The van der Waals surface area contributed by atoms with Crippen LogP contribution in [0.2, 0.25) is 0 Å². The summed E-state index contributed by atoms with van der Waals surface area (Å²) in [5, 5.41) is 1.57. The molecule has 0 spiro atoms. The van der Waals surface area contributed by atoms with Gasteiger partial charge in [0.25, 0.3) is 5.91 Å². The van der Waals surface area contributed by atoms with E-state index in [-0.39, 0.29) is 5.91 Å². The maximum atomic E-state index is 12.6. The summed E-state index contributed by atoms with van der Waals surface area (Å²) >= 11 is 3.47. The van der Waals surface area contributed by atoms with Crippen LogP contribution in [0.5, 0.6) is 0 Å². The molecule has 1 aliphatic heterocycles. The van der Waals surface area contributed by atoms with Gasteiger partial charge >= 0.3 is 0 Å². The highest BCUT2D eigenvalue weighted by atomic mass is 32.2. The first-order chi connectivity index (χ1) is 11.0. The molecule has 122 valence electrons. The number of hydrogen-bond donors (Lipinski definition) is 0. The minimum Gasteiger partial charge on any atom is -0.338 e. The molecular formula is C18H22N2OS2. The van der Waals surface area contributed by atoms with Crippen molar-refractivity contribution in [2.75, 3.05) is 13.1 Å².